The zero-order valence-corrected chi connectivity index (χ0v) is 13.4. The van der Waals surface area contributed by atoms with Crippen LogP contribution in [-0.4, -0.2) is 5.91 Å². The van der Waals surface area contributed by atoms with E-state index in [2.05, 4.69) is 15.9 Å². The predicted octanol–water partition coefficient (Wildman–Crippen LogP) is 4.70. The highest BCUT2D eigenvalue weighted by Crippen LogP contribution is 2.29. The lowest BCUT2D eigenvalue weighted by Gasteiger charge is -2.24. The molecule has 2 nitrogen and oxygen atoms in total. The fourth-order valence-corrected chi connectivity index (χ4v) is 2.80. The molecule has 1 amide bonds. The van der Waals surface area contributed by atoms with E-state index in [1.54, 1.807) is 0 Å². The molecular weight excluding hydrogens is 314 g/mol. The van der Waals surface area contributed by atoms with Crippen molar-refractivity contribution in [1.29, 1.82) is 0 Å². The minimum absolute atomic E-state index is 0.124. The van der Waals surface area contributed by atoms with Crippen LogP contribution in [0.15, 0.2) is 53.0 Å². The van der Waals surface area contributed by atoms with Crippen molar-refractivity contribution < 1.29 is 4.79 Å². The third-order valence-corrected chi connectivity index (χ3v) is 3.82. The molecule has 0 radical (unpaired) electrons. The Morgan fingerprint density at radius 1 is 1.15 bits per heavy atom. The number of amides is 1. The summed E-state index contributed by atoms with van der Waals surface area (Å²) in [7, 11) is 0. The molecule has 0 aliphatic carbocycles. The minimum Gasteiger partial charge on any atom is -0.307 e. The second-order valence-corrected chi connectivity index (χ2v) is 5.63. The average molecular weight is 332 g/mol. The van der Waals surface area contributed by atoms with Crippen LogP contribution in [0, 0.1) is 6.92 Å². The van der Waals surface area contributed by atoms with E-state index >= 15 is 0 Å². The molecule has 0 saturated carbocycles. The van der Waals surface area contributed by atoms with Gasteiger partial charge in [0.05, 0.1) is 12.2 Å². The van der Waals surface area contributed by atoms with Crippen molar-refractivity contribution in [3.63, 3.8) is 0 Å². The largest absolute Gasteiger partial charge is 0.307 e. The number of halogens is 1. The predicted molar refractivity (Wildman–Crippen MR) is 86.8 cm³/mol. The fourth-order valence-electron chi connectivity index (χ4n) is 2.10. The lowest BCUT2D eigenvalue weighted by Crippen LogP contribution is -2.29. The Kier molecular flexibility index (Phi) is 4.96. The van der Waals surface area contributed by atoms with Gasteiger partial charge < -0.3 is 4.90 Å². The van der Waals surface area contributed by atoms with Crippen molar-refractivity contribution in [2.45, 2.75) is 26.8 Å². The number of benzene rings is 2. The number of carbonyl (C=O) groups is 1. The van der Waals surface area contributed by atoms with Crippen molar-refractivity contribution >= 4 is 27.5 Å². The highest BCUT2D eigenvalue weighted by atomic mass is 79.9. The van der Waals surface area contributed by atoms with Gasteiger partial charge in [0.25, 0.3) is 0 Å². The van der Waals surface area contributed by atoms with Gasteiger partial charge in [-0.2, -0.15) is 0 Å². The normalized spacial score (nSPS) is 10.3. The summed E-state index contributed by atoms with van der Waals surface area (Å²) in [6, 6.07) is 16.1. The van der Waals surface area contributed by atoms with Crippen LogP contribution in [0.1, 0.15) is 24.5 Å². The van der Waals surface area contributed by atoms with E-state index in [1.165, 1.54) is 5.56 Å². The smallest absolute Gasteiger partial charge is 0.227 e. The summed E-state index contributed by atoms with van der Waals surface area (Å²) < 4.78 is 0.954. The van der Waals surface area contributed by atoms with E-state index in [1.807, 2.05) is 67.3 Å². The minimum atomic E-state index is 0.124. The maximum absolute atomic E-state index is 12.3. The molecule has 0 unspecified atom stereocenters. The van der Waals surface area contributed by atoms with Crippen molar-refractivity contribution in [2.24, 2.45) is 0 Å². The molecule has 0 aliphatic heterocycles. The molecule has 2 aromatic rings. The van der Waals surface area contributed by atoms with Crippen LogP contribution < -0.4 is 4.90 Å². The first kappa shape index (κ1) is 14.8. The SMILES string of the molecule is CCC(=O)N(Cc1ccccc1)c1ccc(C)cc1Br. The second-order valence-electron chi connectivity index (χ2n) is 4.77. The molecule has 0 aliphatic rings. The molecular formula is C17H18BrNO. The van der Waals surface area contributed by atoms with E-state index in [0.29, 0.717) is 13.0 Å². The van der Waals surface area contributed by atoms with E-state index in [4.69, 9.17) is 0 Å². The van der Waals surface area contributed by atoms with E-state index < -0.39 is 0 Å². The van der Waals surface area contributed by atoms with Crippen LogP contribution in [0.5, 0.6) is 0 Å². The van der Waals surface area contributed by atoms with Crippen LogP contribution >= 0.6 is 15.9 Å². The van der Waals surface area contributed by atoms with Crippen LogP contribution in [0.3, 0.4) is 0 Å². The van der Waals surface area contributed by atoms with Crippen LogP contribution in [0.2, 0.25) is 0 Å². The Balaban J connectivity index is 2.35. The Morgan fingerprint density at radius 2 is 1.85 bits per heavy atom. The maximum atomic E-state index is 12.3. The van der Waals surface area contributed by atoms with Crippen LogP contribution in [-0.2, 0) is 11.3 Å². The zero-order chi connectivity index (χ0) is 14.5. The van der Waals surface area contributed by atoms with Gasteiger partial charge in [-0.25, -0.2) is 0 Å². The van der Waals surface area contributed by atoms with Gasteiger partial charge in [-0.05, 0) is 46.1 Å². The van der Waals surface area contributed by atoms with E-state index in [9.17, 15) is 4.79 Å². The van der Waals surface area contributed by atoms with Gasteiger partial charge in [0.1, 0.15) is 0 Å². The van der Waals surface area contributed by atoms with Gasteiger partial charge in [-0.1, -0.05) is 43.3 Å². The number of aryl methyl sites for hydroxylation is 1. The number of hydrogen-bond donors (Lipinski definition) is 0. The molecule has 3 heteroatoms. The Morgan fingerprint density at radius 3 is 2.45 bits per heavy atom. The quantitative estimate of drug-likeness (QED) is 0.795. The summed E-state index contributed by atoms with van der Waals surface area (Å²) in [5.41, 5.74) is 3.22. The second kappa shape index (κ2) is 6.71. The molecule has 0 spiro atoms. The zero-order valence-electron chi connectivity index (χ0n) is 11.8. The number of carbonyl (C=O) groups excluding carboxylic acids is 1. The molecule has 2 rings (SSSR count). The summed E-state index contributed by atoms with van der Waals surface area (Å²) in [6.45, 7) is 4.52. The lowest BCUT2D eigenvalue weighted by molar-refractivity contribution is -0.118. The summed E-state index contributed by atoms with van der Waals surface area (Å²) in [5, 5.41) is 0. The van der Waals surface area contributed by atoms with Gasteiger partial charge in [-0.15, -0.1) is 0 Å². The summed E-state index contributed by atoms with van der Waals surface area (Å²) >= 11 is 3.56. The number of hydrogen-bond acceptors (Lipinski definition) is 1. The first-order valence-electron chi connectivity index (χ1n) is 6.72. The molecule has 0 fully saturated rings. The van der Waals surface area contributed by atoms with Crippen LogP contribution in [0.4, 0.5) is 5.69 Å². The molecule has 0 atom stereocenters. The third-order valence-electron chi connectivity index (χ3n) is 3.18. The number of nitrogens with zero attached hydrogens (tertiary/aromatic N) is 1. The molecule has 0 aromatic heterocycles. The molecule has 104 valence electrons. The molecule has 2 aromatic carbocycles. The number of anilines is 1. The summed E-state index contributed by atoms with van der Waals surface area (Å²) in [5.74, 6) is 0.124. The van der Waals surface area contributed by atoms with Gasteiger partial charge >= 0.3 is 0 Å². The van der Waals surface area contributed by atoms with Gasteiger partial charge in [-0.3, -0.25) is 4.79 Å². The number of rotatable bonds is 4. The van der Waals surface area contributed by atoms with Crippen molar-refractivity contribution in [2.75, 3.05) is 4.90 Å². The third kappa shape index (κ3) is 3.48. The summed E-state index contributed by atoms with van der Waals surface area (Å²) in [4.78, 5) is 14.1. The Labute approximate surface area is 128 Å². The first-order valence-corrected chi connectivity index (χ1v) is 7.51. The van der Waals surface area contributed by atoms with E-state index in [0.717, 1.165) is 15.7 Å². The Hall–Kier alpha value is -1.61. The fraction of sp³-hybridized carbons (Fsp3) is 0.235. The Bertz CT molecular complexity index is 595. The highest BCUT2D eigenvalue weighted by Gasteiger charge is 2.16. The first-order chi connectivity index (χ1) is 9.61. The summed E-state index contributed by atoms with van der Waals surface area (Å²) in [6.07, 6.45) is 0.493. The van der Waals surface area contributed by atoms with E-state index in [-0.39, 0.29) is 5.91 Å². The molecule has 0 heterocycles. The van der Waals surface area contributed by atoms with Gasteiger partial charge in [0, 0.05) is 10.9 Å². The lowest BCUT2D eigenvalue weighted by atomic mass is 10.1. The molecule has 0 N–H and O–H groups in total. The van der Waals surface area contributed by atoms with Gasteiger partial charge in [0.15, 0.2) is 0 Å². The van der Waals surface area contributed by atoms with Crippen molar-refractivity contribution in [3.05, 3.63) is 64.1 Å². The molecule has 0 saturated heterocycles. The van der Waals surface area contributed by atoms with Crippen LogP contribution in [0.25, 0.3) is 0 Å². The topological polar surface area (TPSA) is 20.3 Å². The maximum Gasteiger partial charge on any atom is 0.227 e. The standard InChI is InChI=1S/C17H18BrNO/c1-3-17(20)19(12-14-7-5-4-6-8-14)16-10-9-13(2)11-15(16)18/h4-11H,3,12H2,1-2H3. The van der Waals surface area contributed by atoms with Gasteiger partial charge in [0.2, 0.25) is 5.91 Å². The molecule has 20 heavy (non-hydrogen) atoms. The van der Waals surface area contributed by atoms with Crippen molar-refractivity contribution in [1.82, 2.24) is 0 Å². The van der Waals surface area contributed by atoms with Crippen molar-refractivity contribution in [3.8, 4) is 0 Å². The highest BCUT2D eigenvalue weighted by molar-refractivity contribution is 9.10. The average Bonchev–Trinajstić information content (AvgIpc) is 2.46. The monoisotopic (exact) mass is 331 g/mol. The molecule has 0 bridgehead atoms.